The summed E-state index contributed by atoms with van der Waals surface area (Å²) in [6, 6.07) is 0. The number of Topliss-reactive ketones (excluding diaryl/α,β-unsaturated/α-hetero) is 1. The van der Waals surface area contributed by atoms with Crippen molar-refractivity contribution in [1.29, 1.82) is 0 Å². The van der Waals surface area contributed by atoms with E-state index in [2.05, 4.69) is 17.2 Å². The quantitative estimate of drug-likeness (QED) is 0.663. The molecule has 1 heterocycles. The van der Waals surface area contributed by atoms with Gasteiger partial charge in [0, 0.05) is 13.5 Å². The van der Waals surface area contributed by atoms with Gasteiger partial charge in [-0.25, -0.2) is 4.68 Å². The second-order valence-electron chi connectivity index (χ2n) is 3.16. The molecule has 0 aliphatic heterocycles. The number of carbonyl (C=O) groups is 1. The van der Waals surface area contributed by atoms with Crippen LogP contribution >= 0.6 is 0 Å². The maximum atomic E-state index is 11.0. The van der Waals surface area contributed by atoms with E-state index in [1.807, 2.05) is 6.92 Å². The zero-order valence-electron chi connectivity index (χ0n) is 8.37. The van der Waals surface area contributed by atoms with Crippen molar-refractivity contribution in [2.75, 3.05) is 0 Å². The maximum Gasteiger partial charge on any atom is 0.181 e. The maximum absolute atomic E-state index is 11.0. The molecule has 13 heavy (non-hydrogen) atoms. The molecule has 0 aliphatic carbocycles. The number of hydrogen-bond acceptors (Lipinski definition) is 3. The molecule has 4 nitrogen and oxygen atoms in total. The van der Waals surface area contributed by atoms with Crippen LogP contribution in [-0.2, 0) is 6.54 Å². The largest absolute Gasteiger partial charge is 0.293 e. The summed E-state index contributed by atoms with van der Waals surface area (Å²) in [5, 5.41) is 7.75. The highest BCUT2D eigenvalue weighted by Crippen LogP contribution is 2.05. The first kappa shape index (κ1) is 9.89. The van der Waals surface area contributed by atoms with Crippen LogP contribution < -0.4 is 0 Å². The number of unbranched alkanes of at least 4 members (excludes halogenated alkanes) is 1. The summed E-state index contributed by atoms with van der Waals surface area (Å²) in [6.07, 6.45) is 2.19. The first-order chi connectivity index (χ1) is 6.16. The molecule has 0 unspecified atom stereocenters. The van der Waals surface area contributed by atoms with E-state index < -0.39 is 0 Å². The van der Waals surface area contributed by atoms with Crippen LogP contribution in [0.1, 0.15) is 42.9 Å². The van der Waals surface area contributed by atoms with Crippen molar-refractivity contribution in [3.8, 4) is 0 Å². The first-order valence-electron chi connectivity index (χ1n) is 4.57. The van der Waals surface area contributed by atoms with Crippen molar-refractivity contribution in [1.82, 2.24) is 15.0 Å². The number of carbonyl (C=O) groups excluding carboxylic acids is 1. The highest BCUT2D eigenvalue weighted by atomic mass is 16.1. The minimum Gasteiger partial charge on any atom is -0.293 e. The minimum atomic E-state index is -0.0137. The molecule has 0 aliphatic rings. The fourth-order valence-corrected chi connectivity index (χ4v) is 1.21. The fourth-order valence-electron chi connectivity index (χ4n) is 1.21. The summed E-state index contributed by atoms with van der Waals surface area (Å²) in [6.45, 7) is 6.37. The van der Waals surface area contributed by atoms with Gasteiger partial charge >= 0.3 is 0 Å². The predicted molar refractivity (Wildman–Crippen MR) is 49.7 cm³/mol. The van der Waals surface area contributed by atoms with Gasteiger partial charge in [-0.1, -0.05) is 18.6 Å². The Morgan fingerprint density at radius 3 is 2.69 bits per heavy atom. The van der Waals surface area contributed by atoms with Crippen LogP contribution in [0, 0.1) is 6.92 Å². The Kier molecular flexibility index (Phi) is 3.17. The SMILES string of the molecule is CCCCn1nnc(C(C)=O)c1C. The van der Waals surface area contributed by atoms with Crippen LogP contribution in [0.5, 0.6) is 0 Å². The smallest absolute Gasteiger partial charge is 0.181 e. The Labute approximate surface area is 77.9 Å². The van der Waals surface area contributed by atoms with E-state index in [9.17, 15) is 4.79 Å². The fraction of sp³-hybridized carbons (Fsp3) is 0.667. The number of aryl methyl sites for hydroxylation is 1. The van der Waals surface area contributed by atoms with Crippen molar-refractivity contribution in [2.24, 2.45) is 0 Å². The first-order valence-corrected chi connectivity index (χ1v) is 4.57. The summed E-state index contributed by atoms with van der Waals surface area (Å²) >= 11 is 0. The second kappa shape index (κ2) is 4.16. The van der Waals surface area contributed by atoms with Crippen molar-refractivity contribution in [3.05, 3.63) is 11.4 Å². The molecular weight excluding hydrogens is 166 g/mol. The van der Waals surface area contributed by atoms with Gasteiger partial charge in [0.1, 0.15) is 0 Å². The molecular formula is C9H15N3O. The van der Waals surface area contributed by atoms with Crippen LogP contribution in [0.25, 0.3) is 0 Å². The average molecular weight is 181 g/mol. The van der Waals surface area contributed by atoms with E-state index in [1.165, 1.54) is 6.92 Å². The second-order valence-corrected chi connectivity index (χ2v) is 3.16. The Bertz CT molecular complexity index is 304. The van der Waals surface area contributed by atoms with Crippen LogP contribution in [0.15, 0.2) is 0 Å². The van der Waals surface area contributed by atoms with Gasteiger partial charge in [-0.3, -0.25) is 4.79 Å². The molecule has 0 radical (unpaired) electrons. The number of ketones is 1. The third kappa shape index (κ3) is 2.14. The lowest BCUT2D eigenvalue weighted by Gasteiger charge is -2.00. The lowest BCUT2D eigenvalue weighted by Crippen LogP contribution is -2.03. The molecule has 1 aromatic heterocycles. The molecule has 0 aromatic carbocycles. The van der Waals surface area contributed by atoms with Crippen LogP contribution in [0.4, 0.5) is 0 Å². The highest BCUT2D eigenvalue weighted by Gasteiger charge is 2.11. The highest BCUT2D eigenvalue weighted by molar-refractivity contribution is 5.92. The van der Waals surface area contributed by atoms with Gasteiger partial charge in [-0.2, -0.15) is 0 Å². The molecule has 1 rings (SSSR count). The average Bonchev–Trinajstić information content (AvgIpc) is 2.43. The summed E-state index contributed by atoms with van der Waals surface area (Å²) < 4.78 is 1.79. The standard InChI is InChI=1S/C9H15N3O/c1-4-5-6-12-7(2)9(8(3)13)10-11-12/h4-6H2,1-3H3. The minimum absolute atomic E-state index is 0.0137. The monoisotopic (exact) mass is 181 g/mol. The molecule has 1 aromatic rings. The topological polar surface area (TPSA) is 47.8 Å². The molecule has 0 atom stereocenters. The van der Waals surface area contributed by atoms with Gasteiger partial charge in [0.2, 0.25) is 0 Å². The van der Waals surface area contributed by atoms with Gasteiger partial charge in [0.25, 0.3) is 0 Å². The summed E-state index contributed by atoms with van der Waals surface area (Å²) in [7, 11) is 0. The molecule has 0 saturated carbocycles. The molecule has 0 N–H and O–H groups in total. The zero-order valence-corrected chi connectivity index (χ0v) is 8.37. The van der Waals surface area contributed by atoms with Crippen LogP contribution in [-0.4, -0.2) is 20.8 Å². The lowest BCUT2D eigenvalue weighted by molar-refractivity contribution is 0.101. The Morgan fingerprint density at radius 1 is 1.54 bits per heavy atom. The molecule has 72 valence electrons. The van der Waals surface area contributed by atoms with E-state index in [0.29, 0.717) is 5.69 Å². The van der Waals surface area contributed by atoms with Crippen LogP contribution in [0.3, 0.4) is 0 Å². The Hall–Kier alpha value is -1.19. The van der Waals surface area contributed by atoms with E-state index in [4.69, 9.17) is 0 Å². The van der Waals surface area contributed by atoms with Crippen molar-refractivity contribution < 1.29 is 4.79 Å². The number of nitrogens with zero attached hydrogens (tertiary/aromatic N) is 3. The van der Waals surface area contributed by atoms with Crippen LogP contribution in [0.2, 0.25) is 0 Å². The lowest BCUT2D eigenvalue weighted by atomic mass is 10.2. The molecule has 0 saturated heterocycles. The van der Waals surface area contributed by atoms with Gasteiger partial charge in [0.15, 0.2) is 11.5 Å². The normalized spacial score (nSPS) is 10.4. The predicted octanol–water partition coefficient (Wildman–Crippen LogP) is 1.59. The van der Waals surface area contributed by atoms with Gasteiger partial charge in [-0.15, -0.1) is 5.10 Å². The molecule has 0 bridgehead atoms. The van der Waals surface area contributed by atoms with E-state index >= 15 is 0 Å². The number of rotatable bonds is 4. The number of hydrogen-bond donors (Lipinski definition) is 0. The van der Waals surface area contributed by atoms with Crippen molar-refractivity contribution in [2.45, 2.75) is 40.2 Å². The van der Waals surface area contributed by atoms with E-state index in [-0.39, 0.29) is 5.78 Å². The van der Waals surface area contributed by atoms with E-state index in [1.54, 1.807) is 4.68 Å². The van der Waals surface area contributed by atoms with Gasteiger partial charge in [0.05, 0.1) is 5.69 Å². The summed E-state index contributed by atoms with van der Waals surface area (Å²) in [4.78, 5) is 11.0. The molecule has 4 heteroatoms. The third-order valence-corrected chi connectivity index (χ3v) is 2.04. The molecule has 0 fully saturated rings. The van der Waals surface area contributed by atoms with Crippen molar-refractivity contribution >= 4 is 5.78 Å². The Morgan fingerprint density at radius 2 is 2.23 bits per heavy atom. The van der Waals surface area contributed by atoms with Crippen molar-refractivity contribution in [3.63, 3.8) is 0 Å². The Balaban J connectivity index is 2.80. The van der Waals surface area contributed by atoms with E-state index in [0.717, 1.165) is 25.1 Å². The van der Waals surface area contributed by atoms with Gasteiger partial charge in [-0.05, 0) is 13.3 Å². The third-order valence-electron chi connectivity index (χ3n) is 2.04. The zero-order chi connectivity index (χ0) is 9.84. The van der Waals surface area contributed by atoms with Gasteiger partial charge < -0.3 is 0 Å². The molecule has 0 amide bonds. The number of aromatic nitrogens is 3. The summed E-state index contributed by atoms with van der Waals surface area (Å²) in [5.74, 6) is -0.0137. The molecule has 0 spiro atoms. The summed E-state index contributed by atoms with van der Waals surface area (Å²) in [5.41, 5.74) is 1.37.